The maximum absolute atomic E-state index is 12.4. The van der Waals surface area contributed by atoms with E-state index in [4.69, 9.17) is 5.11 Å². The predicted octanol–water partition coefficient (Wildman–Crippen LogP) is -2.14. The Morgan fingerprint density at radius 2 is 2.05 bits per heavy atom. The molecule has 2 rings (SSSR count). The third-order valence-corrected chi connectivity index (χ3v) is 7.73. The van der Waals surface area contributed by atoms with E-state index < -0.39 is 42.9 Å². The van der Waals surface area contributed by atoms with Crippen LogP contribution in [0.25, 0.3) is 0 Å². The summed E-state index contributed by atoms with van der Waals surface area (Å²) in [6, 6.07) is -1.16. The summed E-state index contributed by atoms with van der Waals surface area (Å²) in [5, 5.41) is 10.9. The van der Waals surface area contributed by atoms with Crippen molar-refractivity contribution in [3.8, 4) is 0 Å². The van der Waals surface area contributed by atoms with Gasteiger partial charge in [-0.2, -0.15) is 4.31 Å². The Balaban J connectivity index is 2.25. The summed E-state index contributed by atoms with van der Waals surface area (Å²) in [6.07, 6.45) is 0.0426. The molecule has 2 heterocycles. The van der Waals surface area contributed by atoms with Gasteiger partial charge in [-0.25, -0.2) is 16.8 Å². The molecule has 2 unspecified atom stereocenters. The molecule has 2 N–H and O–H groups in total. The van der Waals surface area contributed by atoms with Crippen LogP contribution in [0.2, 0.25) is 0 Å². The standard InChI is InChI=1S/C9H16N2O6S2/c12-9(13)8-5-10-2-3-11(8)19(16,17)7-1-4-18(14,15)6-7/h7-8,10H,1-6H2,(H,12,13). The molecule has 0 aromatic rings. The van der Waals surface area contributed by atoms with Gasteiger partial charge in [-0.05, 0) is 6.42 Å². The van der Waals surface area contributed by atoms with Crippen LogP contribution < -0.4 is 5.32 Å². The second kappa shape index (κ2) is 5.00. The smallest absolute Gasteiger partial charge is 0.323 e. The summed E-state index contributed by atoms with van der Waals surface area (Å²) in [6.45, 7) is 0.451. The molecule has 2 aliphatic rings. The van der Waals surface area contributed by atoms with Crippen LogP contribution >= 0.6 is 0 Å². The molecule has 2 atom stereocenters. The summed E-state index contributed by atoms with van der Waals surface area (Å²) >= 11 is 0. The molecule has 19 heavy (non-hydrogen) atoms. The molecular formula is C9H16N2O6S2. The molecule has 0 aromatic heterocycles. The first-order valence-corrected chi connectivity index (χ1v) is 9.21. The van der Waals surface area contributed by atoms with Gasteiger partial charge in [-0.3, -0.25) is 4.79 Å². The summed E-state index contributed by atoms with van der Waals surface area (Å²) in [5.74, 6) is -1.79. The number of sulfonamides is 1. The highest BCUT2D eigenvalue weighted by Gasteiger charge is 2.45. The Kier molecular flexibility index (Phi) is 3.87. The van der Waals surface area contributed by atoms with Gasteiger partial charge < -0.3 is 10.4 Å². The second-order valence-electron chi connectivity index (χ2n) is 4.74. The summed E-state index contributed by atoms with van der Waals surface area (Å²) in [4.78, 5) is 11.1. The Morgan fingerprint density at radius 3 is 2.58 bits per heavy atom. The van der Waals surface area contributed by atoms with Crippen molar-refractivity contribution in [2.75, 3.05) is 31.1 Å². The number of carboxylic acids is 1. The molecule has 10 heteroatoms. The van der Waals surface area contributed by atoms with Gasteiger partial charge in [0.2, 0.25) is 10.0 Å². The number of sulfone groups is 1. The molecule has 2 saturated heterocycles. The summed E-state index contributed by atoms with van der Waals surface area (Å²) in [5.41, 5.74) is 0. The van der Waals surface area contributed by atoms with E-state index in [1.165, 1.54) is 0 Å². The van der Waals surface area contributed by atoms with Crippen molar-refractivity contribution in [2.24, 2.45) is 0 Å². The van der Waals surface area contributed by atoms with Crippen LogP contribution in [0.15, 0.2) is 0 Å². The van der Waals surface area contributed by atoms with Crippen molar-refractivity contribution in [2.45, 2.75) is 17.7 Å². The van der Waals surface area contributed by atoms with Gasteiger partial charge >= 0.3 is 5.97 Å². The van der Waals surface area contributed by atoms with Crippen molar-refractivity contribution in [3.05, 3.63) is 0 Å². The van der Waals surface area contributed by atoms with Gasteiger partial charge in [0, 0.05) is 19.6 Å². The molecule has 2 aliphatic heterocycles. The van der Waals surface area contributed by atoms with E-state index >= 15 is 0 Å². The van der Waals surface area contributed by atoms with Crippen molar-refractivity contribution in [3.63, 3.8) is 0 Å². The molecule has 0 spiro atoms. The lowest BCUT2D eigenvalue weighted by molar-refractivity contribution is -0.141. The van der Waals surface area contributed by atoms with Gasteiger partial charge in [0.05, 0.1) is 16.8 Å². The number of piperazine rings is 1. The average molecular weight is 312 g/mol. The first kappa shape index (κ1) is 14.7. The minimum absolute atomic E-state index is 0.0357. The zero-order valence-electron chi connectivity index (χ0n) is 10.1. The highest BCUT2D eigenvalue weighted by molar-refractivity contribution is 7.95. The van der Waals surface area contributed by atoms with Gasteiger partial charge in [-0.15, -0.1) is 0 Å². The Bertz CT molecular complexity index is 570. The number of nitrogens with zero attached hydrogens (tertiary/aromatic N) is 1. The lowest BCUT2D eigenvalue weighted by Crippen LogP contribution is -2.58. The van der Waals surface area contributed by atoms with Crippen molar-refractivity contribution >= 4 is 25.8 Å². The summed E-state index contributed by atoms with van der Waals surface area (Å²) in [7, 11) is -7.22. The largest absolute Gasteiger partial charge is 0.480 e. The van der Waals surface area contributed by atoms with E-state index in [0.29, 0.717) is 6.54 Å². The lowest BCUT2D eigenvalue weighted by Gasteiger charge is -2.34. The maximum Gasteiger partial charge on any atom is 0.323 e. The van der Waals surface area contributed by atoms with E-state index in [2.05, 4.69) is 5.32 Å². The number of carbonyl (C=O) groups is 1. The summed E-state index contributed by atoms with van der Waals surface area (Å²) < 4.78 is 48.4. The van der Waals surface area contributed by atoms with Crippen LogP contribution in [0.4, 0.5) is 0 Å². The first-order chi connectivity index (χ1) is 8.74. The van der Waals surface area contributed by atoms with Gasteiger partial charge in [-0.1, -0.05) is 0 Å². The molecule has 0 aliphatic carbocycles. The van der Waals surface area contributed by atoms with Gasteiger partial charge in [0.1, 0.15) is 6.04 Å². The Morgan fingerprint density at radius 1 is 1.37 bits per heavy atom. The molecule has 2 fully saturated rings. The minimum Gasteiger partial charge on any atom is -0.480 e. The van der Waals surface area contributed by atoms with Crippen LogP contribution in [-0.4, -0.2) is 74.6 Å². The highest BCUT2D eigenvalue weighted by atomic mass is 32.2. The predicted molar refractivity (Wildman–Crippen MR) is 67.0 cm³/mol. The third kappa shape index (κ3) is 2.91. The molecule has 110 valence electrons. The van der Waals surface area contributed by atoms with Crippen molar-refractivity contribution in [1.29, 1.82) is 0 Å². The van der Waals surface area contributed by atoms with E-state index in [9.17, 15) is 21.6 Å². The fraction of sp³-hybridized carbons (Fsp3) is 0.889. The second-order valence-corrected chi connectivity index (χ2v) is 9.13. The van der Waals surface area contributed by atoms with E-state index in [-0.39, 0.29) is 25.3 Å². The maximum atomic E-state index is 12.4. The number of carboxylic acid groups (broad SMARTS) is 1. The number of hydrogen-bond acceptors (Lipinski definition) is 6. The third-order valence-electron chi connectivity index (χ3n) is 3.42. The number of aliphatic carboxylic acids is 1. The van der Waals surface area contributed by atoms with Crippen molar-refractivity contribution in [1.82, 2.24) is 9.62 Å². The highest BCUT2D eigenvalue weighted by Crippen LogP contribution is 2.24. The number of rotatable bonds is 3. The van der Waals surface area contributed by atoms with Crippen LogP contribution in [0.1, 0.15) is 6.42 Å². The topological polar surface area (TPSA) is 121 Å². The fourth-order valence-corrected chi connectivity index (χ4v) is 7.05. The van der Waals surface area contributed by atoms with E-state index in [1.807, 2.05) is 0 Å². The van der Waals surface area contributed by atoms with Crippen LogP contribution in [0.5, 0.6) is 0 Å². The number of hydrogen-bond donors (Lipinski definition) is 2. The first-order valence-electron chi connectivity index (χ1n) is 5.88. The van der Waals surface area contributed by atoms with Crippen LogP contribution in [0, 0.1) is 0 Å². The Hall–Kier alpha value is -0.710. The average Bonchev–Trinajstić information content (AvgIpc) is 2.70. The molecule has 0 saturated carbocycles. The monoisotopic (exact) mass is 312 g/mol. The minimum atomic E-state index is -3.89. The van der Waals surface area contributed by atoms with E-state index in [1.54, 1.807) is 0 Å². The lowest BCUT2D eigenvalue weighted by atomic mass is 10.2. The molecule has 0 amide bonds. The normalized spacial score (nSPS) is 32.2. The van der Waals surface area contributed by atoms with Gasteiger partial charge in [0.15, 0.2) is 9.84 Å². The molecule has 0 aromatic carbocycles. The molecule has 0 bridgehead atoms. The SMILES string of the molecule is O=C(O)C1CNCCN1S(=O)(=O)C1CCS(=O)(=O)C1. The van der Waals surface area contributed by atoms with Crippen LogP contribution in [-0.2, 0) is 24.7 Å². The number of nitrogens with one attached hydrogen (secondary N) is 1. The molecule has 8 nitrogen and oxygen atoms in total. The van der Waals surface area contributed by atoms with E-state index in [0.717, 1.165) is 4.31 Å². The zero-order valence-corrected chi connectivity index (χ0v) is 11.8. The van der Waals surface area contributed by atoms with Crippen LogP contribution in [0.3, 0.4) is 0 Å². The van der Waals surface area contributed by atoms with Gasteiger partial charge in [0.25, 0.3) is 0 Å². The zero-order chi connectivity index (χ0) is 14.3. The fourth-order valence-electron chi connectivity index (χ4n) is 2.39. The molecule has 0 radical (unpaired) electrons. The van der Waals surface area contributed by atoms with Crippen molar-refractivity contribution < 1.29 is 26.7 Å². The molecular weight excluding hydrogens is 296 g/mol. The Labute approximate surface area is 111 Å². The quantitative estimate of drug-likeness (QED) is 0.610.